The number of amides is 1. The van der Waals surface area contributed by atoms with Crippen LogP contribution in [-0.2, 0) is 4.79 Å². The molecule has 0 bridgehead atoms. The minimum absolute atomic E-state index is 0.100. The Balaban J connectivity index is 1.32. The molecule has 1 aliphatic rings. The number of nitrogens with zero attached hydrogens (tertiary/aromatic N) is 5. The summed E-state index contributed by atoms with van der Waals surface area (Å²) >= 11 is 7.32. The number of nitrogens with two attached hydrogens (primary N) is 1. The van der Waals surface area contributed by atoms with Gasteiger partial charge in [0.25, 0.3) is 5.91 Å². The highest BCUT2D eigenvalue weighted by molar-refractivity contribution is 7.21. The molecule has 4 aromatic rings. The van der Waals surface area contributed by atoms with E-state index in [0.29, 0.717) is 58.1 Å². The first-order chi connectivity index (χ1) is 17.2. The van der Waals surface area contributed by atoms with Crippen molar-refractivity contribution in [3.63, 3.8) is 0 Å². The fourth-order valence-electron chi connectivity index (χ4n) is 4.10. The first kappa shape index (κ1) is 24.2. The average molecular weight is 527 g/mol. The molecular formula is C25H24ClFN6O2S. The number of piperazine rings is 1. The first-order valence-corrected chi connectivity index (χ1v) is 12.6. The molecule has 1 amide bonds. The van der Waals surface area contributed by atoms with Crippen LogP contribution >= 0.6 is 22.9 Å². The Kier molecular flexibility index (Phi) is 6.40. The predicted octanol–water partition coefficient (Wildman–Crippen LogP) is 4.63. The van der Waals surface area contributed by atoms with E-state index in [1.54, 1.807) is 55.1 Å². The summed E-state index contributed by atoms with van der Waals surface area (Å²) in [5, 5.41) is 1.31. The van der Waals surface area contributed by atoms with Gasteiger partial charge in [-0.1, -0.05) is 22.9 Å². The van der Waals surface area contributed by atoms with Crippen LogP contribution in [0.15, 0.2) is 48.5 Å². The van der Waals surface area contributed by atoms with Crippen LogP contribution in [0.4, 0.5) is 16.2 Å². The van der Waals surface area contributed by atoms with Crippen LogP contribution in [0, 0.1) is 5.82 Å². The van der Waals surface area contributed by atoms with Crippen LogP contribution in [0.2, 0.25) is 5.02 Å². The van der Waals surface area contributed by atoms with Crippen molar-refractivity contribution in [2.45, 2.75) is 19.4 Å². The number of benzene rings is 2. The number of anilines is 2. The number of ether oxygens (including phenoxy) is 1. The van der Waals surface area contributed by atoms with Crippen molar-refractivity contribution in [3.05, 3.63) is 59.4 Å². The summed E-state index contributed by atoms with van der Waals surface area (Å²) in [5.41, 5.74) is 6.40. The molecule has 0 aliphatic carbocycles. The van der Waals surface area contributed by atoms with E-state index in [2.05, 4.69) is 14.9 Å². The molecule has 36 heavy (non-hydrogen) atoms. The number of rotatable bonds is 5. The molecule has 2 aromatic heterocycles. The zero-order valence-corrected chi connectivity index (χ0v) is 21.3. The number of hydrogen-bond donors (Lipinski definition) is 1. The van der Waals surface area contributed by atoms with Crippen molar-refractivity contribution in [3.8, 4) is 16.3 Å². The average Bonchev–Trinajstić information content (AvgIpc) is 3.29. The maximum atomic E-state index is 13.3. The minimum Gasteiger partial charge on any atom is -0.478 e. The lowest BCUT2D eigenvalue weighted by molar-refractivity contribution is -0.145. The minimum atomic E-state index is -1.04. The van der Waals surface area contributed by atoms with Crippen LogP contribution in [-0.4, -0.2) is 57.5 Å². The second-order valence-electron chi connectivity index (χ2n) is 8.93. The van der Waals surface area contributed by atoms with Crippen LogP contribution in [0.25, 0.3) is 20.9 Å². The van der Waals surface area contributed by atoms with Gasteiger partial charge in [0, 0.05) is 36.8 Å². The van der Waals surface area contributed by atoms with E-state index in [1.807, 2.05) is 0 Å². The van der Waals surface area contributed by atoms with Gasteiger partial charge < -0.3 is 20.3 Å². The van der Waals surface area contributed by atoms with Crippen molar-refractivity contribution in [1.82, 2.24) is 19.9 Å². The molecule has 0 unspecified atom stereocenters. The third kappa shape index (κ3) is 4.91. The lowest BCUT2D eigenvalue weighted by Gasteiger charge is -2.39. The molecule has 1 fully saturated rings. The number of halogens is 2. The molecule has 0 spiro atoms. The first-order valence-electron chi connectivity index (χ1n) is 11.4. The molecule has 186 valence electrons. The normalized spacial score (nSPS) is 14.3. The summed E-state index contributed by atoms with van der Waals surface area (Å²) in [7, 11) is 0. The van der Waals surface area contributed by atoms with Gasteiger partial charge in [0.1, 0.15) is 22.1 Å². The van der Waals surface area contributed by atoms with Crippen molar-refractivity contribution in [1.29, 1.82) is 0 Å². The Morgan fingerprint density at radius 1 is 1.03 bits per heavy atom. The molecule has 1 saturated heterocycles. The van der Waals surface area contributed by atoms with Gasteiger partial charge in [-0.05, 0) is 62.4 Å². The third-order valence-electron chi connectivity index (χ3n) is 5.92. The number of hydrogen-bond acceptors (Lipinski definition) is 8. The number of nitrogen functional groups attached to an aromatic ring is 1. The maximum Gasteiger partial charge on any atom is 0.266 e. The second kappa shape index (κ2) is 9.51. The molecule has 3 heterocycles. The standard InChI is InChI=1S/C25H24ClFN6O2S/c1-25(2,35-18-9-5-16(26)6-10-18)23(34)33-13-11-32(12-14-33)20-19-22(31-24(28)30-20)36-21(29-19)15-3-7-17(27)8-4-15/h3-10H,11-14H2,1-2H3,(H2,28,30,31). The van der Waals surface area contributed by atoms with Gasteiger partial charge >= 0.3 is 0 Å². The van der Waals surface area contributed by atoms with Crippen LogP contribution in [0.1, 0.15) is 13.8 Å². The second-order valence-corrected chi connectivity index (χ2v) is 10.3. The highest BCUT2D eigenvalue weighted by Crippen LogP contribution is 2.34. The van der Waals surface area contributed by atoms with E-state index in [1.165, 1.54) is 23.5 Å². The Labute approximate surface area is 216 Å². The third-order valence-corrected chi connectivity index (χ3v) is 7.17. The molecule has 2 aromatic carbocycles. The fraction of sp³-hybridized carbons (Fsp3) is 0.280. The van der Waals surface area contributed by atoms with Crippen molar-refractivity contribution in [2.75, 3.05) is 36.8 Å². The number of aromatic nitrogens is 3. The Hall–Kier alpha value is -3.50. The summed E-state index contributed by atoms with van der Waals surface area (Å²) in [6, 6.07) is 13.1. The Morgan fingerprint density at radius 2 is 1.69 bits per heavy atom. The van der Waals surface area contributed by atoms with Crippen molar-refractivity contribution < 1.29 is 13.9 Å². The van der Waals surface area contributed by atoms with E-state index in [-0.39, 0.29) is 17.7 Å². The number of fused-ring (bicyclic) bond motifs is 1. The molecule has 8 nitrogen and oxygen atoms in total. The number of carbonyl (C=O) groups excluding carboxylic acids is 1. The molecule has 11 heteroatoms. The number of carbonyl (C=O) groups is 1. The van der Waals surface area contributed by atoms with Gasteiger partial charge in [-0.15, -0.1) is 0 Å². The molecular weight excluding hydrogens is 503 g/mol. The zero-order valence-electron chi connectivity index (χ0n) is 19.7. The van der Waals surface area contributed by atoms with Gasteiger partial charge in [-0.3, -0.25) is 4.79 Å². The summed E-state index contributed by atoms with van der Waals surface area (Å²) in [6.07, 6.45) is 0. The van der Waals surface area contributed by atoms with E-state index in [4.69, 9.17) is 27.1 Å². The molecule has 5 rings (SSSR count). The van der Waals surface area contributed by atoms with Crippen LogP contribution in [0.5, 0.6) is 5.75 Å². The van der Waals surface area contributed by atoms with E-state index >= 15 is 0 Å². The highest BCUT2D eigenvalue weighted by atomic mass is 35.5. The SMILES string of the molecule is CC(C)(Oc1ccc(Cl)cc1)C(=O)N1CCN(c2nc(N)nc3sc(-c4ccc(F)cc4)nc23)CC1. The molecule has 0 radical (unpaired) electrons. The van der Waals surface area contributed by atoms with Crippen LogP contribution in [0.3, 0.4) is 0 Å². The molecule has 1 aliphatic heterocycles. The monoisotopic (exact) mass is 526 g/mol. The van der Waals surface area contributed by atoms with Gasteiger partial charge in [0.05, 0.1) is 0 Å². The largest absolute Gasteiger partial charge is 0.478 e. The zero-order chi connectivity index (χ0) is 25.4. The van der Waals surface area contributed by atoms with E-state index < -0.39 is 5.60 Å². The number of thiazole rings is 1. The summed E-state index contributed by atoms with van der Waals surface area (Å²) in [4.78, 5) is 31.3. The van der Waals surface area contributed by atoms with Crippen molar-refractivity contribution >= 4 is 51.0 Å². The summed E-state index contributed by atoms with van der Waals surface area (Å²) in [6.45, 7) is 5.61. The highest BCUT2D eigenvalue weighted by Gasteiger charge is 2.36. The topological polar surface area (TPSA) is 97.5 Å². The lowest BCUT2D eigenvalue weighted by Crippen LogP contribution is -2.56. The molecule has 0 saturated carbocycles. The Bertz CT molecular complexity index is 1400. The van der Waals surface area contributed by atoms with Gasteiger partial charge in [0.15, 0.2) is 16.2 Å². The maximum absolute atomic E-state index is 13.3. The quantitative estimate of drug-likeness (QED) is 0.404. The van der Waals surface area contributed by atoms with Gasteiger partial charge in [0.2, 0.25) is 5.95 Å². The fourth-order valence-corrected chi connectivity index (χ4v) is 5.18. The molecule has 0 atom stereocenters. The van der Waals surface area contributed by atoms with Gasteiger partial charge in [-0.25, -0.2) is 14.4 Å². The lowest BCUT2D eigenvalue weighted by atomic mass is 10.1. The summed E-state index contributed by atoms with van der Waals surface area (Å²) in [5.74, 6) is 0.958. The molecule has 2 N–H and O–H groups in total. The Morgan fingerprint density at radius 3 is 2.36 bits per heavy atom. The van der Waals surface area contributed by atoms with E-state index in [0.717, 1.165) is 5.56 Å². The van der Waals surface area contributed by atoms with Crippen molar-refractivity contribution in [2.24, 2.45) is 0 Å². The van der Waals surface area contributed by atoms with Crippen LogP contribution < -0.4 is 15.4 Å². The van der Waals surface area contributed by atoms with E-state index in [9.17, 15) is 9.18 Å². The summed E-state index contributed by atoms with van der Waals surface area (Å²) < 4.78 is 19.3. The predicted molar refractivity (Wildman–Crippen MR) is 140 cm³/mol. The smallest absolute Gasteiger partial charge is 0.266 e. The van der Waals surface area contributed by atoms with Gasteiger partial charge in [-0.2, -0.15) is 4.98 Å².